The van der Waals surface area contributed by atoms with Crippen molar-refractivity contribution < 1.29 is 26.3 Å². The normalized spacial score (nSPS) is 13.6. The Bertz CT molecular complexity index is 1050. The van der Waals surface area contributed by atoms with Gasteiger partial charge in [-0.3, -0.25) is 0 Å². The zero-order valence-corrected chi connectivity index (χ0v) is 15.8. The number of fused-ring (bicyclic) bond motifs is 1. The summed E-state index contributed by atoms with van der Waals surface area (Å²) in [7, 11) is -4.01. The van der Waals surface area contributed by atoms with Gasteiger partial charge >= 0.3 is 6.18 Å². The Morgan fingerprint density at radius 3 is 2.46 bits per heavy atom. The minimum Gasteiger partial charge on any atom is -0.489 e. The number of rotatable bonds is 7. The van der Waals surface area contributed by atoms with Gasteiger partial charge in [0.25, 0.3) is 0 Å². The number of alkyl halides is 3. The molecule has 0 amide bonds. The summed E-state index contributed by atoms with van der Waals surface area (Å²) in [6.07, 6.45) is -2.51. The van der Waals surface area contributed by atoms with Crippen molar-refractivity contribution in [1.29, 1.82) is 0 Å². The number of nitrogens with zero attached hydrogens (tertiary/aromatic N) is 1. The van der Waals surface area contributed by atoms with Crippen LogP contribution in [0.3, 0.4) is 0 Å². The van der Waals surface area contributed by atoms with Gasteiger partial charge in [0.2, 0.25) is 10.0 Å². The SMILES string of the molecule is CS(=O)(=O)NC(Cn1ccc2cc(OCc3ccccc3)ccc21)C(F)(F)F. The number of ether oxygens (including phenoxy) is 1. The number of aromatic nitrogens is 1. The molecule has 5 nitrogen and oxygen atoms in total. The van der Waals surface area contributed by atoms with Crippen LogP contribution in [0.4, 0.5) is 13.2 Å². The molecule has 1 N–H and O–H groups in total. The molecule has 1 heterocycles. The van der Waals surface area contributed by atoms with E-state index in [1.165, 1.54) is 10.8 Å². The van der Waals surface area contributed by atoms with Crippen LogP contribution in [0.25, 0.3) is 10.9 Å². The van der Waals surface area contributed by atoms with E-state index in [1.807, 2.05) is 30.3 Å². The molecule has 0 bridgehead atoms. The summed E-state index contributed by atoms with van der Waals surface area (Å²) in [6, 6.07) is 14.1. The third kappa shape index (κ3) is 5.26. The Kier molecular flexibility index (Phi) is 5.66. The maximum Gasteiger partial charge on any atom is 0.406 e. The molecule has 1 atom stereocenters. The number of benzene rings is 2. The molecular formula is C19H19F3N2O3S. The third-order valence-corrected chi connectivity index (χ3v) is 4.83. The first kappa shape index (κ1) is 20.2. The topological polar surface area (TPSA) is 60.3 Å². The van der Waals surface area contributed by atoms with Crippen LogP contribution in [-0.2, 0) is 23.2 Å². The number of hydrogen-bond acceptors (Lipinski definition) is 3. The minimum atomic E-state index is -4.71. The third-order valence-electron chi connectivity index (χ3n) is 4.12. The van der Waals surface area contributed by atoms with Crippen molar-refractivity contribution in [1.82, 2.24) is 9.29 Å². The van der Waals surface area contributed by atoms with Gasteiger partial charge < -0.3 is 9.30 Å². The molecule has 0 spiro atoms. The number of halogens is 3. The van der Waals surface area contributed by atoms with Gasteiger partial charge in [-0.2, -0.15) is 13.2 Å². The first-order chi connectivity index (χ1) is 13.1. The van der Waals surface area contributed by atoms with E-state index < -0.39 is 28.8 Å². The van der Waals surface area contributed by atoms with Gasteiger partial charge in [0.1, 0.15) is 18.4 Å². The molecule has 1 unspecified atom stereocenters. The van der Waals surface area contributed by atoms with Gasteiger partial charge in [-0.15, -0.1) is 0 Å². The first-order valence-corrected chi connectivity index (χ1v) is 10.3. The van der Waals surface area contributed by atoms with Gasteiger partial charge in [0.15, 0.2) is 0 Å². The Morgan fingerprint density at radius 2 is 1.82 bits per heavy atom. The first-order valence-electron chi connectivity index (χ1n) is 8.41. The molecule has 150 valence electrons. The fraction of sp³-hybridized carbons (Fsp3) is 0.263. The molecular weight excluding hydrogens is 393 g/mol. The van der Waals surface area contributed by atoms with Crippen LogP contribution in [0.2, 0.25) is 0 Å². The minimum absolute atomic E-state index is 0.376. The molecule has 0 aliphatic rings. The predicted octanol–water partition coefficient (Wildman–Crippen LogP) is 3.70. The summed E-state index contributed by atoms with van der Waals surface area (Å²) < 4.78 is 70.9. The predicted molar refractivity (Wildman–Crippen MR) is 101 cm³/mol. The van der Waals surface area contributed by atoms with Crippen molar-refractivity contribution in [3.63, 3.8) is 0 Å². The van der Waals surface area contributed by atoms with E-state index in [9.17, 15) is 21.6 Å². The largest absolute Gasteiger partial charge is 0.489 e. The maximum absolute atomic E-state index is 13.2. The van der Waals surface area contributed by atoms with Crippen molar-refractivity contribution in [3.05, 3.63) is 66.4 Å². The van der Waals surface area contributed by atoms with Crippen molar-refractivity contribution in [3.8, 4) is 5.75 Å². The van der Waals surface area contributed by atoms with E-state index in [2.05, 4.69) is 0 Å². The van der Waals surface area contributed by atoms with Crippen LogP contribution < -0.4 is 9.46 Å². The lowest BCUT2D eigenvalue weighted by atomic mass is 10.2. The quantitative estimate of drug-likeness (QED) is 0.644. The molecule has 1 aromatic heterocycles. The average Bonchev–Trinajstić information content (AvgIpc) is 3.01. The molecule has 3 rings (SSSR count). The zero-order chi connectivity index (χ0) is 20.4. The van der Waals surface area contributed by atoms with Crippen LogP contribution in [0, 0.1) is 0 Å². The molecule has 2 aromatic carbocycles. The number of sulfonamides is 1. The Balaban J connectivity index is 1.78. The zero-order valence-electron chi connectivity index (χ0n) is 15.0. The van der Waals surface area contributed by atoms with Gasteiger partial charge in [-0.1, -0.05) is 30.3 Å². The highest BCUT2D eigenvalue weighted by Gasteiger charge is 2.41. The Hall–Kier alpha value is -2.52. The van der Waals surface area contributed by atoms with Crippen LogP contribution in [-0.4, -0.2) is 31.5 Å². The van der Waals surface area contributed by atoms with E-state index in [-0.39, 0.29) is 0 Å². The summed E-state index contributed by atoms with van der Waals surface area (Å²) in [5.74, 6) is 0.593. The summed E-state index contributed by atoms with van der Waals surface area (Å²) in [5, 5.41) is 0.700. The van der Waals surface area contributed by atoms with Crippen molar-refractivity contribution >= 4 is 20.9 Å². The van der Waals surface area contributed by atoms with Crippen LogP contribution in [0.1, 0.15) is 5.56 Å². The van der Waals surface area contributed by atoms with Gasteiger partial charge in [-0.25, -0.2) is 13.1 Å². The molecule has 0 fully saturated rings. The van der Waals surface area contributed by atoms with Gasteiger partial charge in [-0.05, 0) is 29.8 Å². The Morgan fingerprint density at radius 1 is 1.11 bits per heavy atom. The fourth-order valence-corrected chi connectivity index (χ4v) is 3.56. The molecule has 0 saturated carbocycles. The second kappa shape index (κ2) is 7.84. The molecule has 28 heavy (non-hydrogen) atoms. The van der Waals surface area contributed by atoms with Crippen molar-refractivity contribution in [2.45, 2.75) is 25.4 Å². The molecule has 9 heteroatoms. The highest BCUT2D eigenvalue weighted by molar-refractivity contribution is 7.88. The van der Waals surface area contributed by atoms with Crippen LogP contribution in [0.5, 0.6) is 5.75 Å². The molecule has 0 saturated heterocycles. The second-order valence-electron chi connectivity index (χ2n) is 6.45. The lowest BCUT2D eigenvalue weighted by molar-refractivity contribution is -0.153. The average molecular weight is 412 g/mol. The standard InChI is InChI=1S/C19H19F3N2O3S/c1-28(25,26)23-18(19(20,21)22)12-24-10-9-15-11-16(7-8-17(15)24)27-13-14-5-3-2-4-6-14/h2-11,18,23H,12-13H2,1H3. The van der Waals surface area contributed by atoms with Crippen LogP contribution >= 0.6 is 0 Å². The van der Waals surface area contributed by atoms with E-state index in [4.69, 9.17) is 4.74 Å². The van der Waals surface area contributed by atoms with E-state index in [0.717, 1.165) is 5.56 Å². The van der Waals surface area contributed by atoms with Gasteiger partial charge in [0, 0.05) is 23.6 Å². The number of nitrogens with one attached hydrogen (secondary N) is 1. The molecule has 0 aliphatic heterocycles. The highest BCUT2D eigenvalue weighted by Crippen LogP contribution is 2.26. The smallest absolute Gasteiger partial charge is 0.406 e. The monoisotopic (exact) mass is 412 g/mol. The van der Waals surface area contributed by atoms with Crippen molar-refractivity contribution in [2.24, 2.45) is 0 Å². The number of hydrogen-bond donors (Lipinski definition) is 1. The Labute approximate surface area is 160 Å². The van der Waals surface area contributed by atoms with E-state index >= 15 is 0 Å². The summed E-state index contributed by atoms with van der Waals surface area (Å²) in [5.41, 5.74) is 1.55. The van der Waals surface area contributed by atoms with Crippen LogP contribution in [0.15, 0.2) is 60.8 Å². The van der Waals surface area contributed by atoms with E-state index in [0.29, 0.717) is 29.5 Å². The van der Waals surface area contributed by atoms with Gasteiger partial charge in [0.05, 0.1) is 6.26 Å². The molecule has 3 aromatic rings. The highest BCUT2D eigenvalue weighted by atomic mass is 32.2. The van der Waals surface area contributed by atoms with Crippen molar-refractivity contribution in [2.75, 3.05) is 6.26 Å². The van der Waals surface area contributed by atoms with E-state index in [1.54, 1.807) is 29.0 Å². The summed E-state index contributed by atoms with van der Waals surface area (Å²) in [4.78, 5) is 0. The molecule has 0 aliphatic carbocycles. The lowest BCUT2D eigenvalue weighted by Crippen LogP contribution is -2.47. The fourth-order valence-electron chi connectivity index (χ4n) is 2.83. The summed E-state index contributed by atoms with van der Waals surface area (Å²) in [6.45, 7) is -0.189. The second-order valence-corrected chi connectivity index (χ2v) is 8.23. The lowest BCUT2D eigenvalue weighted by Gasteiger charge is -2.21. The molecule has 0 radical (unpaired) electrons. The summed E-state index contributed by atoms with van der Waals surface area (Å²) >= 11 is 0. The maximum atomic E-state index is 13.2.